The van der Waals surface area contributed by atoms with Gasteiger partial charge in [0.1, 0.15) is 5.69 Å². The van der Waals surface area contributed by atoms with Crippen LogP contribution in [-0.4, -0.2) is 70.5 Å². The van der Waals surface area contributed by atoms with Gasteiger partial charge >= 0.3 is 5.97 Å². The fourth-order valence-corrected chi connectivity index (χ4v) is 3.94. The minimum absolute atomic E-state index is 0. The summed E-state index contributed by atoms with van der Waals surface area (Å²) in [4.78, 5) is 36.4. The molecule has 8 heteroatoms. The highest BCUT2D eigenvalue weighted by Crippen LogP contribution is 2.33. The first-order chi connectivity index (χ1) is 11.2. The molecule has 7 nitrogen and oxygen atoms in total. The third-order valence-corrected chi connectivity index (χ3v) is 5.26. The van der Waals surface area contributed by atoms with Gasteiger partial charge in [0.2, 0.25) is 0 Å². The number of halogens is 1. The van der Waals surface area contributed by atoms with Crippen LogP contribution in [0.25, 0.3) is 0 Å². The zero-order valence-corrected chi connectivity index (χ0v) is 14.2. The SMILES string of the molecule is Cl.O=C1OC[C@H]2CN(C3CCN(C(=O)c4cnccn4)CC3)C[C@@H]12. The molecule has 24 heavy (non-hydrogen) atoms. The molecule has 3 saturated heterocycles. The topological polar surface area (TPSA) is 75.6 Å². The van der Waals surface area contributed by atoms with E-state index < -0.39 is 0 Å². The number of amides is 1. The zero-order valence-electron chi connectivity index (χ0n) is 13.3. The van der Waals surface area contributed by atoms with E-state index in [1.165, 1.54) is 6.20 Å². The third-order valence-electron chi connectivity index (χ3n) is 5.26. The maximum atomic E-state index is 12.4. The predicted octanol–water partition coefficient (Wildman–Crippen LogP) is 0.608. The van der Waals surface area contributed by atoms with Crippen LogP contribution in [0, 0.1) is 11.8 Å². The molecule has 0 spiro atoms. The molecule has 1 aromatic heterocycles. The average molecular weight is 353 g/mol. The van der Waals surface area contributed by atoms with Crippen molar-refractivity contribution in [2.45, 2.75) is 18.9 Å². The monoisotopic (exact) mass is 352 g/mol. The number of rotatable bonds is 2. The van der Waals surface area contributed by atoms with Crippen LogP contribution in [0.3, 0.4) is 0 Å². The fraction of sp³-hybridized carbons (Fsp3) is 0.625. The molecule has 0 bridgehead atoms. The van der Waals surface area contributed by atoms with Gasteiger partial charge in [-0.05, 0) is 12.8 Å². The number of ether oxygens (including phenoxy) is 1. The Labute approximate surface area is 146 Å². The van der Waals surface area contributed by atoms with Crippen molar-refractivity contribution >= 4 is 24.3 Å². The van der Waals surface area contributed by atoms with E-state index in [4.69, 9.17) is 4.74 Å². The van der Waals surface area contributed by atoms with E-state index in [-0.39, 0.29) is 30.2 Å². The van der Waals surface area contributed by atoms with E-state index >= 15 is 0 Å². The van der Waals surface area contributed by atoms with Crippen molar-refractivity contribution in [1.29, 1.82) is 0 Å². The summed E-state index contributed by atoms with van der Waals surface area (Å²) in [6, 6.07) is 0.458. The summed E-state index contributed by atoms with van der Waals surface area (Å²) in [5, 5.41) is 0. The first-order valence-electron chi connectivity index (χ1n) is 8.18. The van der Waals surface area contributed by atoms with Gasteiger partial charge in [-0.3, -0.25) is 19.5 Å². The molecule has 4 heterocycles. The number of esters is 1. The van der Waals surface area contributed by atoms with Crippen LogP contribution in [0.2, 0.25) is 0 Å². The highest BCUT2D eigenvalue weighted by atomic mass is 35.5. The Morgan fingerprint density at radius 3 is 2.67 bits per heavy atom. The van der Waals surface area contributed by atoms with Crippen LogP contribution in [0.4, 0.5) is 0 Å². The van der Waals surface area contributed by atoms with Gasteiger partial charge in [-0.15, -0.1) is 12.4 Å². The molecule has 0 saturated carbocycles. The second-order valence-electron chi connectivity index (χ2n) is 6.56. The number of carbonyl (C=O) groups is 2. The van der Waals surface area contributed by atoms with Crippen molar-refractivity contribution in [3.8, 4) is 0 Å². The Morgan fingerprint density at radius 1 is 1.21 bits per heavy atom. The smallest absolute Gasteiger partial charge is 0.310 e. The lowest BCUT2D eigenvalue weighted by Gasteiger charge is -2.36. The maximum absolute atomic E-state index is 12.4. The van der Waals surface area contributed by atoms with Gasteiger partial charge in [-0.1, -0.05) is 0 Å². The van der Waals surface area contributed by atoms with Crippen LogP contribution in [0.5, 0.6) is 0 Å². The molecular formula is C16H21ClN4O3. The van der Waals surface area contributed by atoms with Crippen LogP contribution in [-0.2, 0) is 9.53 Å². The lowest BCUT2D eigenvalue weighted by Crippen LogP contribution is -2.46. The normalized spacial score (nSPS) is 27.5. The lowest BCUT2D eigenvalue weighted by molar-refractivity contribution is -0.141. The molecular weight excluding hydrogens is 332 g/mol. The summed E-state index contributed by atoms with van der Waals surface area (Å²) < 4.78 is 5.12. The minimum atomic E-state index is -0.0431. The molecule has 130 valence electrons. The van der Waals surface area contributed by atoms with Crippen molar-refractivity contribution in [2.24, 2.45) is 11.8 Å². The van der Waals surface area contributed by atoms with Gasteiger partial charge in [0.15, 0.2) is 0 Å². The third kappa shape index (κ3) is 3.10. The molecule has 1 aromatic rings. The first kappa shape index (κ1) is 17.1. The van der Waals surface area contributed by atoms with Gasteiger partial charge in [-0.2, -0.15) is 0 Å². The number of likely N-dealkylation sites (tertiary alicyclic amines) is 2. The molecule has 1 amide bonds. The summed E-state index contributed by atoms with van der Waals surface area (Å²) in [7, 11) is 0. The Kier molecular flexibility index (Phi) is 5.01. The van der Waals surface area contributed by atoms with E-state index in [0.717, 1.165) is 39.0 Å². The first-order valence-corrected chi connectivity index (χ1v) is 8.18. The van der Waals surface area contributed by atoms with Gasteiger partial charge < -0.3 is 9.64 Å². The Balaban J connectivity index is 0.00000169. The molecule has 3 aliphatic heterocycles. The Bertz CT molecular complexity index is 607. The lowest BCUT2D eigenvalue weighted by atomic mass is 10.0. The second-order valence-corrected chi connectivity index (χ2v) is 6.56. The van der Waals surface area contributed by atoms with Gasteiger partial charge in [0, 0.05) is 50.5 Å². The van der Waals surface area contributed by atoms with Crippen molar-refractivity contribution in [3.05, 3.63) is 24.3 Å². The maximum Gasteiger partial charge on any atom is 0.310 e. The highest BCUT2D eigenvalue weighted by molar-refractivity contribution is 5.92. The van der Waals surface area contributed by atoms with Crippen molar-refractivity contribution in [1.82, 2.24) is 19.8 Å². The van der Waals surface area contributed by atoms with Crippen LogP contribution in [0.1, 0.15) is 23.3 Å². The molecule has 0 radical (unpaired) electrons. The van der Waals surface area contributed by atoms with Crippen molar-refractivity contribution in [2.75, 3.05) is 32.8 Å². The summed E-state index contributed by atoms with van der Waals surface area (Å²) >= 11 is 0. The van der Waals surface area contributed by atoms with Crippen LogP contribution >= 0.6 is 12.4 Å². The quantitative estimate of drug-likeness (QED) is 0.726. The highest BCUT2D eigenvalue weighted by Gasteiger charge is 2.46. The molecule has 0 N–H and O–H groups in total. The number of fused-ring (bicyclic) bond motifs is 1. The number of carbonyl (C=O) groups excluding carboxylic acids is 2. The van der Waals surface area contributed by atoms with E-state index in [9.17, 15) is 9.59 Å². The molecule has 3 aliphatic rings. The molecule has 0 aliphatic carbocycles. The van der Waals surface area contributed by atoms with E-state index in [1.807, 2.05) is 4.90 Å². The Hall–Kier alpha value is -1.73. The number of piperidine rings is 1. The van der Waals surface area contributed by atoms with E-state index in [2.05, 4.69) is 14.9 Å². The van der Waals surface area contributed by atoms with E-state index in [1.54, 1.807) is 12.4 Å². The zero-order chi connectivity index (χ0) is 15.8. The van der Waals surface area contributed by atoms with E-state index in [0.29, 0.717) is 24.3 Å². The molecule has 3 fully saturated rings. The molecule has 4 rings (SSSR count). The number of hydrogen-bond acceptors (Lipinski definition) is 6. The summed E-state index contributed by atoms with van der Waals surface area (Å²) in [5.74, 6) is 0.349. The molecule has 2 atom stereocenters. The summed E-state index contributed by atoms with van der Waals surface area (Å²) in [6.07, 6.45) is 6.52. The van der Waals surface area contributed by atoms with Crippen molar-refractivity contribution in [3.63, 3.8) is 0 Å². The average Bonchev–Trinajstić information content (AvgIpc) is 3.18. The number of cyclic esters (lactones) is 1. The minimum Gasteiger partial charge on any atom is -0.465 e. The Morgan fingerprint density at radius 2 is 2.00 bits per heavy atom. The summed E-state index contributed by atoms with van der Waals surface area (Å²) in [6.45, 7) is 3.79. The largest absolute Gasteiger partial charge is 0.465 e. The van der Waals surface area contributed by atoms with Crippen molar-refractivity contribution < 1.29 is 14.3 Å². The second kappa shape index (κ2) is 7.03. The van der Waals surface area contributed by atoms with Gasteiger partial charge in [-0.25, -0.2) is 4.98 Å². The standard InChI is InChI=1S/C16H20N4O3.ClH/c21-15(14-7-17-3-4-18-14)19-5-1-12(2-6-19)20-8-11-10-23-16(22)13(11)9-20;/h3-4,7,11-13H,1-2,5-6,8-10H2;1H/t11-,13-;/m1./s1. The number of nitrogens with zero attached hydrogens (tertiary/aromatic N) is 4. The van der Waals surface area contributed by atoms with Gasteiger partial charge in [0.25, 0.3) is 5.91 Å². The number of aromatic nitrogens is 2. The van der Waals surface area contributed by atoms with Gasteiger partial charge in [0.05, 0.1) is 18.7 Å². The molecule has 0 aromatic carbocycles. The number of hydrogen-bond donors (Lipinski definition) is 0. The summed E-state index contributed by atoms with van der Waals surface area (Å²) in [5.41, 5.74) is 0.407. The predicted molar refractivity (Wildman–Crippen MR) is 87.7 cm³/mol. The van der Waals surface area contributed by atoms with Crippen LogP contribution in [0.15, 0.2) is 18.6 Å². The van der Waals surface area contributed by atoms with Crippen LogP contribution < -0.4 is 0 Å². The fourth-order valence-electron chi connectivity index (χ4n) is 3.94. The molecule has 0 unspecified atom stereocenters.